The van der Waals surface area contributed by atoms with Gasteiger partial charge in [0, 0.05) is 12.8 Å². The Bertz CT molecular complexity index is 1230. The molecule has 1 saturated heterocycles. The number of hydrogen-bond donors (Lipinski definition) is 5. The molecule has 0 aromatic heterocycles. The summed E-state index contributed by atoms with van der Waals surface area (Å²) < 4.78 is 0. The van der Waals surface area contributed by atoms with Gasteiger partial charge in [0.1, 0.15) is 18.1 Å². The van der Waals surface area contributed by atoms with Gasteiger partial charge in [0.15, 0.2) is 0 Å². The van der Waals surface area contributed by atoms with E-state index >= 15 is 0 Å². The molecule has 5 N–H and O–H groups in total. The Labute approximate surface area is 260 Å². The molecule has 4 amide bonds. The molecular weight excluding hydrogens is 558 g/mol. The summed E-state index contributed by atoms with van der Waals surface area (Å²) in [6, 6.07) is 14.5. The van der Waals surface area contributed by atoms with Crippen molar-refractivity contribution in [2.24, 2.45) is 11.8 Å². The van der Waals surface area contributed by atoms with Crippen LogP contribution in [0.5, 0.6) is 0 Å². The van der Waals surface area contributed by atoms with Crippen LogP contribution in [-0.2, 0) is 36.8 Å². The Hall–Kier alpha value is -4.05. The first-order valence-electron chi connectivity index (χ1n) is 15.5. The Morgan fingerprint density at radius 2 is 1.32 bits per heavy atom. The number of nitrogens with one attached hydrogen (secondary N) is 5. The molecule has 1 heterocycles. The zero-order valence-corrected chi connectivity index (χ0v) is 26.1. The van der Waals surface area contributed by atoms with Gasteiger partial charge in [-0.3, -0.25) is 24.0 Å². The van der Waals surface area contributed by atoms with Crippen molar-refractivity contribution in [1.82, 2.24) is 26.6 Å². The summed E-state index contributed by atoms with van der Waals surface area (Å²) in [4.78, 5) is 65.2. The van der Waals surface area contributed by atoms with Gasteiger partial charge in [-0.15, -0.1) is 0 Å². The number of hydrogen-bond acceptors (Lipinski definition) is 6. The van der Waals surface area contributed by atoms with Crippen LogP contribution in [0.2, 0.25) is 0 Å². The molecule has 1 aliphatic rings. The third-order valence-corrected chi connectivity index (χ3v) is 7.62. The highest BCUT2D eigenvalue weighted by Crippen LogP contribution is 2.11. The van der Waals surface area contributed by atoms with E-state index in [1.54, 1.807) is 13.8 Å². The molecule has 1 fully saturated rings. The molecule has 237 valence electrons. The molecule has 2 aromatic carbocycles. The van der Waals surface area contributed by atoms with Gasteiger partial charge in [0.25, 0.3) is 0 Å². The second-order valence-corrected chi connectivity index (χ2v) is 12.2. The van der Waals surface area contributed by atoms with Crippen LogP contribution in [0.3, 0.4) is 0 Å². The monoisotopic (exact) mass is 604 g/mol. The summed E-state index contributed by atoms with van der Waals surface area (Å²) in [6.45, 7) is 8.21. The molecule has 44 heavy (non-hydrogen) atoms. The zero-order chi connectivity index (χ0) is 32.1. The lowest BCUT2D eigenvalue weighted by Gasteiger charge is -2.28. The molecule has 10 heteroatoms. The average Bonchev–Trinajstić information content (AvgIpc) is 3.55. The highest BCUT2D eigenvalue weighted by Gasteiger charge is 2.33. The van der Waals surface area contributed by atoms with Gasteiger partial charge in [-0.25, -0.2) is 0 Å². The average molecular weight is 605 g/mol. The minimum Gasteiger partial charge on any atom is -0.344 e. The quantitative estimate of drug-likeness (QED) is 0.198. The molecule has 1 aliphatic heterocycles. The molecule has 3 rings (SSSR count). The van der Waals surface area contributed by atoms with E-state index in [1.165, 1.54) is 0 Å². The lowest BCUT2D eigenvalue weighted by molar-refractivity contribution is -0.134. The van der Waals surface area contributed by atoms with E-state index in [4.69, 9.17) is 0 Å². The lowest BCUT2D eigenvalue weighted by Crippen LogP contribution is -2.60. The van der Waals surface area contributed by atoms with Gasteiger partial charge in [-0.05, 0) is 48.8 Å². The van der Waals surface area contributed by atoms with Gasteiger partial charge in [0.05, 0.1) is 12.1 Å². The summed E-state index contributed by atoms with van der Waals surface area (Å²) >= 11 is 0. The van der Waals surface area contributed by atoms with Crippen LogP contribution in [-0.4, -0.2) is 66.7 Å². The predicted octanol–water partition coefficient (Wildman–Crippen LogP) is 1.97. The van der Waals surface area contributed by atoms with Crippen LogP contribution in [0.4, 0.5) is 0 Å². The van der Waals surface area contributed by atoms with Crippen LogP contribution in [0, 0.1) is 11.8 Å². The number of amides is 4. The van der Waals surface area contributed by atoms with Gasteiger partial charge in [-0.1, -0.05) is 88.4 Å². The van der Waals surface area contributed by atoms with Gasteiger partial charge >= 0.3 is 0 Å². The van der Waals surface area contributed by atoms with Crippen LogP contribution in [0.15, 0.2) is 60.7 Å². The fraction of sp³-hybridized carbons (Fsp3) is 0.500. The van der Waals surface area contributed by atoms with Crippen molar-refractivity contribution < 1.29 is 24.0 Å². The maximum absolute atomic E-state index is 13.7. The van der Waals surface area contributed by atoms with Crippen molar-refractivity contribution in [3.8, 4) is 0 Å². The summed E-state index contributed by atoms with van der Waals surface area (Å²) in [6.07, 6.45) is 4.29. The molecule has 1 radical (unpaired) electrons. The summed E-state index contributed by atoms with van der Waals surface area (Å²) in [5, 5.41) is 14.4. The highest BCUT2D eigenvalue weighted by atomic mass is 16.2. The van der Waals surface area contributed by atoms with E-state index in [0.717, 1.165) is 24.1 Å². The minimum atomic E-state index is -1.00. The summed E-state index contributed by atoms with van der Waals surface area (Å²) in [7, 11) is 0. The van der Waals surface area contributed by atoms with E-state index in [0.29, 0.717) is 12.8 Å². The molecule has 2 aromatic rings. The summed E-state index contributed by atoms with van der Waals surface area (Å²) in [5.74, 6) is -1.98. The first kappa shape index (κ1) is 34.4. The van der Waals surface area contributed by atoms with Gasteiger partial charge in [-0.2, -0.15) is 0 Å². The van der Waals surface area contributed by atoms with Crippen LogP contribution in [0.25, 0.3) is 0 Å². The fourth-order valence-electron chi connectivity index (χ4n) is 5.23. The van der Waals surface area contributed by atoms with Crippen LogP contribution >= 0.6 is 0 Å². The van der Waals surface area contributed by atoms with E-state index in [9.17, 15) is 24.0 Å². The van der Waals surface area contributed by atoms with Crippen molar-refractivity contribution in [2.75, 3.05) is 6.54 Å². The SMILES string of the molecule is CC(C)C[C@@H]([C]=O)NC(=O)[C@H](Cc1ccccc1)NC(=O)[C@@H](NC(=O)[C@H](Cc1ccccc1)NC(=O)[C@@H]1CCCN1)C(C)C. The molecule has 0 unspecified atom stereocenters. The molecule has 0 saturated carbocycles. The van der Waals surface area contributed by atoms with Crippen molar-refractivity contribution in [2.45, 2.75) is 90.0 Å². The summed E-state index contributed by atoms with van der Waals surface area (Å²) in [5.41, 5.74) is 1.68. The maximum atomic E-state index is 13.7. The van der Waals surface area contributed by atoms with Crippen molar-refractivity contribution >= 4 is 29.9 Å². The Morgan fingerprint density at radius 1 is 0.773 bits per heavy atom. The molecule has 10 nitrogen and oxygen atoms in total. The Kier molecular flexibility index (Phi) is 13.5. The van der Waals surface area contributed by atoms with E-state index in [1.807, 2.05) is 80.8 Å². The molecule has 0 aliphatic carbocycles. The largest absolute Gasteiger partial charge is 0.344 e. The van der Waals surface area contributed by atoms with E-state index in [2.05, 4.69) is 26.6 Å². The second kappa shape index (κ2) is 17.3. The first-order chi connectivity index (χ1) is 21.1. The second-order valence-electron chi connectivity index (χ2n) is 12.2. The number of carbonyl (C=O) groups excluding carboxylic acids is 5. The fourth-order valence-corrected chi connectivity index (χ4v) is 5.23. The van der Waals surface area contributed by atoms with Crippen LogP contribution in [0.1, 0.15) is 58.1 Å². The molecule has 0 bridgehead atoms. The Balaban J connectivity index is 1.78. The normalized spacial score (nSPS) is 17.3. The first-order valence-corrected chi connectivity index (χ1v) is 15.5. The smallest absolute Gasteiger partial charge is 0.243 e. The highest BCUT2D eigenvalue weighted by molar-refractivity contribution is 5.95. The maximum Gasteiger partial charge on any atom is 0.243 e. The minimum absolute atomic E-state index is 0.151. The number of benzene rings is 2. The van der Waals surface area contributed by atoms with Gasteiger partial charge < -0.3 is 26.6 Å². The lowest BCUT2D eigenvalue weighted by atomic mass is 9.99. The molecule has 0 spiro atoms. The molecular formula is C34H46N5O5. The van der Waals surface area contributed by atoms with Crippen molar-refractivity contribution in [3.63, 3.8) is 0 Å². The van der Waals surface area contributed by atoms with Crippen LogP contribution < -0.4 is 26.6 Å². The number of rotatable bonds is 16. The third-order valence-electron chi connectivity index (χ3n) is 7.62. The van der Waals surface area contributed by atoms with Crippen molar-refractivity contribution in [1.29, 1.82) is 0 Å². The van der Waals surface area contributed by atoms with E-state index in [-0.39, 0.29) is 36.6 Å². The third kappa shape index (κ3) is 10.9. The van der Waals surface area contributed by atoms with Gasteiger partial charge in [0.2, 0.25) is 29.9 Å². The number of carbonyl (C=O) groups is 4. The zero-order valence-electron chi connectivity index (χ0n) is 26.1. The molecule has 5 atom stereocenters. The Morgan fingerprint density at radius 3 is 1.80 bits per heavy atom. The predicted molar refractivity (Wildman–Crippen MR) is 169 cm³/mol. The van der Waals surface area contributed by atoms with E-state index < -0.39 is 41.9 Å². The van der Waals surface area contributed by atoms with Crippen molar-refractivity contribution in [3.05, 3.63) is 71.8 Å². The topological polar surface area (TPSA) is 146 Å². The standard InChI is InChI=1S/C34H46N5O5/c1-22(2)18-26(21-40)36-32(42)28(19-24-12-7-5-8-13-24)38-34(44)30(23(3)4)39-33(43)29(20-25-14-9-6-10-15-25)37-31(41)27-16-11-17-35-27/h5-10,12-15,22-23,26-30,35H,11,16-20H2,1-4H3,(H,36,42)(H,37,41)(H,38,44)(H,39,43)/t26-,27-,28-,29-,30-/m0/s1.